The minimum absolute atomic E-state index is 0.225. The lowest BCUT2D eigenvalue weighted by atomic mass is 10.3. The van der Waals surface area contributed by atoms with Crippen molar-refractivity contribution < 1.29 is 14.3 Å². The Kier molecular flexibility index (Phi) is 2.97. The number of alkyl carbamates (subject to hydrolysis) is 1. The summed E-state index contributed by atoms with van der Waals surface area (Å²) < 4.78 is 10.3. The Labute approximate surface area is 92.1 Å². The molecule has 1 unspecified atom stereocenters. The summed E-state index contributed by atoms with van der Waals surface area (Å²) in [6.45, 7) is 0.818. The van der Waals surface area contributed by atoms with E-state index < -0.39 is 6.09 Å². The number of rotatable bonds is 3. The normalized spacial score (nSPS) is 19.5. The first-order chi connectivity index (χ1) is 7.24. The topological polar surface area (TPSA) is 47.6 Å². The molecule has 1 atom stereocenters. The highest BCUT2D eigenvalue weighted by molar-refractivity contribution is 6.30. The lowest BCUT2D eigenvalue weighted by molar-refractivity contribution is 0.105. The maximum atomic E-state index is 10.7. The van der Waals surface area contributed by atoms with E-state index >= 15 is 0 Å². The molecule has 1 aromatic rings. The molecule has 0 spiro atoms. The van der Waals surface area contributed by atoms with Gasteiger partial charge in [0.05, 0.1) is 6.54 Å². The summed E-state index contributed by atoms with van der Waals surface area (Å²) in [7, 11) is 0. The van der Waals surface area contributed by atoms with Crippen LogP contribution in [0.1, 0.15) is 0 Å². The predicted octanol–water partition coefficient (Wildman–Crippen LogP) is 1.83. The number of carbonyl (C=O) groups is 1. The summed E-state index contributed by atoms with van der Waals surface area (Å²) in [6.07, 6.45) is -0.619. The molecule has 15 heavy (non-hydrogen) atoms. The van der Waals surface area contributed by atoms with Crippen LogP contribution in [0.15, 0.2) is 24.3 Å². The standard InChI is InChI=1S/C10H10ClNO3/c11-7-2-1-3-8(4-7)14-6-9-5-12-10(13)15-9/h1-4,9H,5-6H2,(H,12,13). The van der Waals surface area contributed by atoms with E-state index in [-0.39, 0.29) is 6.10 Å². The average Bonchev–Trinajstić information content (AvgIpc) is 2.62. The van der Waals surface area contributed by atoms with Gasteiger partial charge in [-0.15, -0.1) is 0 Å². The molecule has 0 bridgehead atoms. The zero-order valence-corrected chi connectivity index (χ0v) is 8.66. The number of halogens is 1. The molecule has 0 aliphatic carbocycles. The van der Waals surface area contributed by atoms with Crippen LogP contribution in [0.5, 0.6) is 5.75 Å². The molecule has 0 aromatic heterocycles. The fourth-order valence-electron chi connectivity index (χ4n) is 1.27. The Morgan fingerprint density at radius 1 is 1.60 bits per heavy atom. The Balaban J connectivity index is 1.85. The van der Waals surface area contributed by atoms with Crippen molar-refractivity contribution in [3.8, 4) is 5.75 Å². The van der Waals surface area contributed by atoms with Crippen LogP contribution in [0.2, 0.25) is 5.02 Å². The lowest BCUT2D eigenvalue weighted by Crippen LogP contribution is -2.21. The van der Waals surface area contributed by atoms with Crippen molar-refractivity contribution in [3.05, 3.63) is 29.3 Å². The SMILES string of the molecule is O=C1NCC(COc2cccc(Cl)c2)O1. The van der Waals surface area contributed by atoms with Gasteiger partial charge in [-0.2, -0.15) is 0 Å². The fourth-order valence-corrected chi connectivity index (χ4v) is 1.45. The predicted molar refractivity (Wildman–Crippen MR) is 55.2 cm³/mol. The molecule has 1 amide bonds. The molecule has 1 saturated heterocycles. The summed E-state index contributed by atoms with van der Waals surface area (Å²) in [5.41, 5.74) is 0. The molecule has 1 aromatic carbocycles. The second kappa shape index (κ2) is 4.40. The van der Waals surface area contributed by atoms with Gasteiger partial charge >= 0.3 is 6.09 Å². The number of ether oxygens (including phenoxy) is 2. The molecule has 2 rings (SSSR count). The summed E-state index contributed by atoms with van der Waals surface area (Å²) in [5, 5.41) is 3.17. The van der Waals surface area contributed by atoms with Crippen LogP contribution in [0.3, 0.4) is 0 Å². The van der Waals surface area contributed by atoms with Gasteiger partial charge in [0.15, 0.2) is 6.10 Å². The quantitative estimate of drug-likeness (QED) is 0.857. The second-order valence-electron chi connectivity index (χ2n) is 3.18. The molecule has 0 saturated carbocycles. The van der Waals surface area contributed by atoms with E-state index in [2.05, 4.69) is 5.32 Å². The smallest absolute Gasteiger partial charge is 0.407 e. The number of hydrogen-bond donors (Lipinski definition) is 1. The molecule has 1 aliphatic heterocycles. The Morgan fingerprint density at radius 2 is 2.47 bits per heavy atom. The third-order valence-electron chi connectivity index (χ3n) is 1.98. The zero-order valence-electron chi connectivity index (χ0n) is 7.90. The van der Waals surface area contributed by atoms with E-state index in [1.54, 1.807) is 24.3 Å². The molecular weight excluding hydrogens is 218 g/mol. The largest absolute Gasteiger partial charge is 0.490 e. The Hall–Kier alpha value is -1.42. The van der Waals surface area contributed by atoms with Crippen molar-refractivity contribution in [1.82, 2.24) is 5.32 Å². The number of hydrogen-bond acceptors (Lipinski definition) is 3. The Bertz CT molecular complexity index is 369. The summed E-state index contributed by atoms with van der Waals surface area (Å²) in [4.78, 5) is 10.7. The van der Waals surface area contributed by atoms with Crippen LogP contribution in [0.25, 0.3) is 0 Å². The molecule has 1 heterocycles. The van der Waals surface area contributed by atoms with E-state index in [9.17, 15) is 4.79 Å². The first-order valence-corrected chi connectivity index (χ1v) is 4.95. The van der Waals surface area contributed by atoms with Gasteiger partial charge < -0.3 is 14.8 Å². The first kappa shape index (κ1) is 10.1. The van der Waals surface area contributed by atoms with Crippen LogP contribution in [-0.4, -0.2) is 25.3 Å². The third-order valence-corrected chi connectivity index (χ3v) is 2.21. The van der Waals surface area contributed by atoms with Crippen molar-refractivity contribution in [3.63, 3.8) is 0 Å². The van der Waals surface area contributed by atoms with Gasteiger partial charge in [0.2, 0.25) is 0 Å². The van der Waals surface area contributed by atoms with Crippen molar-refractivity contribution >= 4 is 17.7 Å². The molecule has 1 fully saturated rings. The number of amides is 1. The van der Waals surface area contributed by atoms with Gasteiger partial charge in [-0.05, 0) is 18.2 Å². The van der Waals surface area contributed by atoms with Crippen molar-refractivity contribution in [2.75, 3.05) is 13.2 Å². The van der Waals surface area contributed by atoms with Crippen molar-refractivity contribution in [2.24, 2.45) is 0 Å². The van der Waals surface area contributed by atoms with E-state index in [0.717, 1.165) is 0 Å². The van der Waals surface area contributed by atoms with Gasteiger partial charge in [-0.1, -0.05) is 17.7 Å². The number of carbonyl (C=O) groups excluding carboxylic acids is 1. The van der Waals surface area contributed by atoms with Crippen LogP contribution in [0, 0.1) is 0 Å². The highest BCUT2D eigenvalue weighted by Gasteiger charge is 2.22. The molecule has 1 aliphatic rings. The lowest BCUT2D eigenvalue weighted by Gasteiger charge is -2.09. The van der Waals surface area contributed by atoms with E-state index in [4.69, 9.17) is 21.1 Å². The first-order valence-electron chi connectivity index (χ1n) is 4.57. The van der Waals surface area contributed by atoms with Gasteiger partial charge in [-0.3, -0.25) is 0 Å². The summed E-state index contributed by atoms with van der Waals surface area (Å²) >= 11 is 5.79. The number of benzene rings is 1. The second-order valence-corrected chi connectivity index (χ2v) is 3.61. The zero-order chi connectivity index (χ0) is 10.7. The highest BCUT2D eigenvalue weighted by atomic mass is 35.5. The third kappa shape index (κ3) is 2.76. The average molecular weight is 228 g/mol. The maximum Gasteiger partial charge on any atom is 0.407 e. The molecular formula is C10H10ClNO3. The molecule has 80 valence electrons. The van der Waals surface area contributed by atoms with Crippen LogP contribution < -0.4 is 10.1 Å². The molecule has 4 nitrogen and oxygen atoms in total. The van der Waals surface area contributed by atoms with Crippen molar-refractivity contribution in [2.45, 2.75) is 6.10 Å². The highest BCUT2D eigenvalue weighted by Crippen LogP contribution is 2.17. The van der Waals surface area contributed by atoms with E-state index in [1.807, 2.05) is 0 Å². The summed E-state index contributed by atoms with van der Waals surface area (Å²) in [6, 6.07) is 7.09. The van der Waals surface area contributed by atoms with Gasteiger partial charge in [-0.25, -0.2) is 4.79 Å². The van der Waals surface area contributed by atoms with E-state index in [1.165, 1.54) is 0 Å². The van der Waals surface area contributed by atoms with E-state index in [0.29, 0.717) is 23.9 Å². The fraction of sp³-hybridized carbons (Fsp3) is 0.300. The molecule has 0 radical (unpaired) electrons. The van der Waals surface area contributed by atoms with Crippen molar-refractivity contribution in [1.29, 1.82) is 0 Å². The summed E-state index contributed by atoms with van der Waals surface area (Å²) in [5.74, 6) is 0.672. The minimum Gasteiger partial charge on any atom is -0.490 e. The monoisotopic (exact) mass is 227 g/mol. The van der Waals surface area contributed by atoms with Gasteiger partial charge in [0, 0.05) is 5.02 Å². The number of nitrogens with one attached hydrogen (secondary N) is 1. The maximum absolute atomic E-state index is 10.7. The number of cyclic esters (lactones) is 1. The van der Waals surface area contributed by atoms with Crippen LogP contribution in [0.4, 0.5) is 4.79 Å². The van der Waals surface area contributed by atoms with Crippen LogP contribution >= 0.6 is 11.6 Å². The minimum atomic E-state index is -0.394. The molecule has 5 heteroatoms. The van der Waals surface area contributed by atoms with Crippen LogP contribution in [-0.2, 0) is 4.74 Å². The van der Waals surface area contributed by atoms with Gasteiger partial charge in [0.1, 0.15) is 12.4 Å². The Morgan fingerprint density at radius 3 is 3.13 bits per heavy atom. The van der Waals surface area contributed by atoms with Gasteiger partial charge in [0.25, 0.3) is 0 Å². The molecule has 1 N–H and O–H groups in total.